The van der Waals surface area contributed by atoms with Crippen LogP contribution < -0.4 is 5.32 Å². The molecule has 4 rings (SSSR count). The highest BCUT2D eigenvalue weighted by Crippen LogP contribution is 2.51. The van der Waals surface area contributed by atoms with E-state index in [1.807, 2.05) is 6.92 Å². The maximum absolute atomic E-state index is 12.6. The van der Waals surface area contributed by atoms with Gasteiger partial charge in [-0.05, 0) is 23.4 Å². The van der Waals surface area contributed by atoms with Crippen molar-refractivity contribution in [3.63, 3.8) is 0 Å². The first kappa shape index (κ1) is 19.8. The summed E-state index contributed by atoms with van der Waals surface area (Å²) in [6, 6.07) is -0.764. The molecule has 2 unspecified atom stereocenters. The number of thioether (sulfide) groups is 2. The number of nitrogens with one attached hydrogen (secondary N) is 1. The minimum atomic E-state index is -1.26. The number of carbonyl (C=O) groups is 3. The number of hydrogen-bond donors (Lipinski definition) is 2. The molecule has 0 spiro atoms. The molecule has 15 heteroatoms. The van der Waals surface area contributed by atoms with Gasteiger partial charge in [0.05, 0.1) is 0 Å². The zero-order valence-corrected chi connectivity index (χ0v) is 17.5. The molecule has 2 N–H and O–H groups in total. The number of aromatic nitrogens is 6. The molecule has 2 aromatic heterocycles. The highest BCUT2D eigenvalue weighted by atomic mass is 32.2. The van der Waals surface area contributed by atoms with E-state index in [-0.39, 0.29) is 11.6 Å². The van der Waals surface area contributed by atoms with E-state index in [1.54, 1.807) is 0 Å². The SMILES string of the molecule is CC(=O)NC1(CSc2nnc(C)s2)C=C(C(=O)O)N2C(=O)C(n3cnnn3)[C@H]2S1. The molecule has 29 heavy (non-hydrogen) atoms. The summed E-state index contributed by atoms with van der Waals surface area (Å²) in [5.41, 5.74) is -0.189. The predicted molar refractivity (Wildman–Crippen MR) is 103 cm³/mol. The summed E-state index contributed by atoms with van der Waals surface area (Å²) in [5.74, 6) is -1.72. The van der Waals surface area contributed by atoms with Gasteiger partial charge >= 0.3 is 5.97 Å². The van der Waals surface area contributed by atoms with Crippen LogP contribution in [0.2, 0.25) is 0 Å². The minimum absolute atomic E-state index is 0.189. The van der Waals surface area contributed by atoms with E-state index < -0.39 is 28.2 Å². The Labute approximate surface area is 176 Å². The van der Waals surface area contributed by atoms with Gasteiger partial charge in [-0.25, -0.2) is 9.48 Å². The third-order valence-electron chi connectivity index (χ3n) is 4.15. The van der Waals surface area contributed by atoms with Gasteiger partial charge < -0.3 is 10.4 Å². The van der Waals surface area contributed by atoms with Gasteiger partial charge in [-0.15, -0.1) is 27.1 Å². The molecule has 0 radical (unpaired) electrons. The molecule has 1 fully saturated rings. The Morgan fingerprint density at radius 3 is 2.79 bits per heavy atom. The minimum Gasteiger partial charge on any atom is -0.477 e. The Bertz CT molecular complexity index is 1010. The number of tetrazole rings is 1. The average molecular weight is 455 g/mol. The number of carboxylic acid groups (broad SMARTS) is 1. The molecule has 3 atom stereocenters. The van der Waals surface area contributed by atoms with Crippen molar-refractivity contribution in [1.29, 1.82) is 0 Å². The quantitative estimate of drug-likeness (QED) is 0.443. The molecule has 1 saturated heterocycles. The molecular formula is C14H14N8O4S3. The lowest BCUT2D eigenvalue weighted by Crippen LogP contribution is -2.65. The standard InChI is InChI=1S/C14H14N8O4S3/c1-6(23)16-14(4-27-13-18-17-7(2)28-13)3-8(12(25)26)22-10(24)9(11(22)29-14)21-5-15-19-20-21/h3,5,9,11H,4H2,1-2H3,(H,16,23)(H,25,26)/t9?,11-,14?/m1/s1. The molecule has 0 aromatic carbocycles. The molecule has 2 aromatic rings. The molecule has 4 heterocycles. The fourth-order valence-corrected chi connectivity index (χ4v) is 6.78. The lowest BCUT2D eigenvalue weighted by Gasteiger charge is -2.52. The fourth-order valence-electron chi connectivity index (χ4n) is 3.05. The fraction of sp³-hybridized carbons (Fsp3) is 0.429. The van der Waals surface area contributed by atoms with Crippen molar-refractivity contribution < 1.29 is 19.5 Å². The van der Waals surface area contributed by atoms with E-state index in [1.165, 1.54) is 63.8 Å². The van der Waals surface area contributed by atoms with Gasteiger partial charge in [0.1, 0.15) is 27.3 Å². The molecule has 2 aliphatic heterocycles. The van der Waals surface area contributed by atoms with Gasteiger partial charge in [-0.1, -0.05) is 23.1 Å². The summed E-state index contributed by atoms with van der Waals surface area (Å²) in [5, 5.41) is 31.6. The number of aryl methyl sites for hydroxylation is 1. The molecule has 152 valence electrons. The zero-order chi connectivity index (χ0) is 20.8. The van der Waals surface area contributed by atoms with E-state index in [4.69, 9.17) is 0 Å². The van der Waals surface area contributed by atoms with Gasteiger partial charge in [0.15, 0.2) is 10.4 Å². The Morgan fingerprint density at radius 2 is 2.21 bits per heavy atom. The molecule has 0 bridgehead atoms. The second kappa shape index (κ2) is 7.38. The van der Waals surface area contributed by atoms with E-state index >= 15 is 0 Å². The molecule has 2 amide bonds. The maximum Gasteiger partial charge on any atom is 0.352 e. The largest absolute Gasteiger partial charge is 0.477 e. The van der Waals surface area contributed by atoms with Crippen LogP contribution >= 0.6 is 34.9 Å². The lowest BCUT2D eigenvalue weighted by atomic mass is 10.0. The van der Waals surface area contributed by atoms with Gasteiger partial charge in [0, 0.05) is 12.7 Å². The Morgan fingerprint density at radius 1 is 1.41 bits per heavy atom. The van der Waals surface area contributed by atoms with Gasteiger partial charge in [0.2, 0.25) is 5.91 Å². The van der Waals surface area contributed by atoms with Crippen molar-refractivity contribution in [2.24, 2.45) is 0 Å². The van der Waals surface area contributed by atoms with Crippen LogP contribution in [-0.2, 0) is 14.4 Å². The number of fused-ring (bicyclic) bond motifs is 1. The second-order valence-electron chi connectivity index (χ2n) is 6.23. The number of rotatable bonds is 6. The normalized spacial score (nSPS) is 25.8. The van der Waals surface area contributed by atoms with Crippen molar-refractivity contribution in [1.82, 2.24) is 40.6 Å². The Kier molecular flexibility index (Phi) is 5.04. The van der Waals surface area contributed by atoms with Gasteiger partial charge in [-0.2, -0.15) is 0 Å². The van der Waals surface area contributed by atoms with Crippen LogP contribution in [0.5, 0.6) is 0 Å². The van der Waals surface area contributed by atoms with Crippen molar-refractivity contribution in [3.8, 4) is 0 Å². The third-order valence-corrected chi connectivity index (χ3v) is 7.99. The summed E-state index contributed by atoms with van der Waals surface area (Å²) in [4.78, 5) is 36.5. The summed E-state index contributed by atoms with van der Waals surface area (Å²) in [6.07, 6.45) is 2.71. The van der Waals surface area contributed by atoms with Crippen molar-refractivity contribution in [3.05, 3.63) is 23.1 Å². The number of β-lactam (4-membered cyclic amide) rings is 1. The van der Waals surface area contributed by atoms with E-state index in [2.05, 4.69) is 31.0 Å². The zero-order valence-electron chi connectivity index (χ0n) is 15.0. The van der Waals surface area contributed by atoms with E-state index in [9.17, 15) is 19.5 Å². The van der Waals surface area contributed by atoms with Crippen molar-refractivity contribution in [2.45, 2.75) is 34.5 Å². The summed E-state index contributed by atoms with van der Waals surface area (Å²) < 4.78 is 1.99. The van der Waals surface area contributed by atoms with E-state index in [0.29, 0.717) is 10.1 Å². The second-order valence-corrected chi connectivity index (χ2v) is 10.1. The molecule has 0 saturated carbocycles. The first-order valence-electron chi connectivity index (χ1n) is 8.21. The lowest BCUT2D eigenvalue weighted by molar-refractivity contribution is -0.151. The van der Waals surface area contributed by atoms with Crippen LogP contribution in [0.3, 0.4) is 0 Å². The van der Waals surface area contributed by atoms with Crippen LogP contribution in [0, 0.1) is 6.92 Å². The first-order valence-corrected chi connectivity index (χ1v) is 10.9. The number of hydrogen-bond acceptors (Lipinski definition) is 11. The molecular weight excluding hydrogens is 440 g/mol. The van der Waals surface area contributed by atoms with Crippen LogP contribution in [0.1, 0.15) is 18.0 Å². The van der Waals surface area contributed by atoms with E-state index in [0.717, 1.165) is 5.01 Å². The van der Waals surface area contributed by atoms with Gasteiger partial charge in [0.25, 0.3) is 5.91 Å². The third kappa shape index (κ3) is 3.60. The van der Waals surface area contributed by atoms with Crippen LogP contribution in [-0.4, -0.2) is 74.2 Å². The molecule has 2 aliphatic rings. The molecule has 12 nitrogen and oxygen atoms in total. The monoisotopic (exact) mass is 454 g/mol. The number of carbonyl (C=O) groups excluding carboxylic acids is 2. The Balaban J connectivity index is 1.69. The van der Waals surface area contributed by atoms with Crippen LogP contribution in [0.15, 0.2) is 22.4 Å². The van der Waals surface area contributed by atoms with Crippen molar-refractivity contribution >= 4 is 52.6 Å². The van der Waals surface area contributed by atoms with Crippen LogP contribution in [0.4, 0.5) is 0 Å². The Hall–Kier alpha value is -2.52. The van der Waals surface area contributed by atoms with Gasteiger partial charge in [-0.3, -0.25) is 14.5 Å². The summed E-state index contributed by atoms with van der Waals surface area (Å²) >= 11 is 4.02. The van der Waals surface area contributed by atoms with Crippen LogP contribution in [0.25, 0.3) is 0 Å². The maximum atomic E-state index is 12.6. The van der Waals surface area contributed by atoms with Crippen molar-refractivity contribution in [2.75, 3.05) is 5.75 Å². The number of amides is 2. The summed E-state index contributed by atoms with van der Waals surface area (Å²) in [7, 11) is 0. The number of carboxylic acids is 1. The highest BCUT2D eigenvalue weighted by molar-refractivity contribution is 8.05. The highest BCUT2D eigenvalue weighted by Gasteiger charge is 2.58. The smallest absolute Gasteiger partial charge is 0.352 e. The predicted octanol–water partition coefficient (Wildman–Crippen LogP) is -0.118. The number of nitrogens with zero attached hydrogens (tertiary/aromatic N) is 7. The number of aliphatic carboxylic acids is 1. The summed E-state index contributed by atoms with van der Waals surface area (Å²) in [6.45, 7) is 3.19. The topological polar surface area (TPSA) is 156 Å². The first-order chi connectivity index (χ1) is 13.8. The molecule has 0 aliphatic carbocycles. The average Bonchev–Trinajstić information content (AvgIpc) is 3.30.